The van der Waals surface area contributed by atoms with Crippen LogP contribution in [0.15, 0.2) is 28.9 Å². The molecule has 0 amide bonds. The molecule has 9 nitrogen and oxygen atoms in total. The Balaban J connectivity index is 1.22. The van der Waals surface area contributed by atoms with Crippen LogP contribution in [0.1, 0.15) is 18.4 Å². The number of ether oxygens (including phenoxy) is 1. The van der Waals surface area contributed by atoms with Gasteiger partial charge in [0.15, 0.2) is 0 Å². The van der Waals surface area contributed by atoms with E-state index in [4.69, 9.17) is 4.74 Å². The average molecular weight is 551 g/mol. The van der Waals surface area contributed by atoms with E-state index in [2.05, 4.69) is 36.1 Å². The molecule has 2 aromatic heterocycles. The summed E-state index contributed by atoms with van der Waals surface area (Å²) in [4.78, 5) is 6.34. The lowest BCUT2D eigenvalue weighted by Gasteiger charge is -2.41. The van der Waals surface area contributed by atoms with Crippen molar-refractivity contribution in [2.24, 2.45) is 11.8 Å². The molecule has 12 heteroatoms. The van der Waals surface area contributed by atoms with E-state index in [1.165, 1.54) is 25.2 Å². The summed E-state index contributed by atoms with van der Waals surface area (Å²) in [5.74, 6) is 1.37. The van der Waals surface area contributed by atoms with Crippen molar-refractivity contribution in [2.75, 3.05) is 25.9 Å². The zero-order chi connectivity index (χ0) is 23.6. The van der Waals surface area contributed by atoms with E-state index < -0.39 is 15.8 Å². The molecule has 0 radical (unpaired) electrons. The van der Waals surface area contributed by atoms with Crippen LogP contribution in [0.2, 0.25) is 0 Å². The molecule has 0 spiro atoms. The van der Waals surface area contributed by atoms with Crippen LogP contribution in [0.25, 0.3) is 11.0 Å². The molecule has 1 saturated carbocycles. The quantitative estimate of drug-likeness (QED) is 0.446. The van der Waals surface area contributed by atoms with Gasteiger partial charge in [-0.3, -0.25) is 4.90 Å². The molecule has 2 saturated heterocycles. The molecule has 3 fully saturated rings. The molecule has 180 valence electrons. The van der Waals surface area contributed by atoms with E-state index in [1.54, 1.807) is 4.31 Å². The first kappa shape index (κ1) is 22.3. The van der Waals surface area contributed by atoms with Gasteiger partial charge in [0.1, 0.15) is 17.1 Å². The second-order valence-corrected chi connectivity index (χ2v) is 12.3. The van der Waals surface area contributed by atoms with E-state index in [-0.39, 0.29) is 6.04 Å². The third-order valence-electron chi connectivity index (χ3n) is 6.90. The fourth-order valence-corrected chi connectivity index (χ4v) is 6.64. The Bertz CT molecular complexity index is 1380. The summed E-state index contributed by atoms with van der Waals surface area (Å²) in [7, 11) is -3.20. The Hall–Kier alpha value is -2.15. The van der Waals surface area contributed by atoms with Crippen LogP contribution in [0.4, 0.5) is 4.39 Å². The van der Waals surface area contributed by atoms with E-state index in [0.29, 0.717) is 58.7 Å². The molecule has 1 aliphatic carbocycles. The van der Waals surface area contributed by atoms with Crippen molar-refractivity contribution in [3.63, 3.8) is 0 Å². The number of rotatable bonds is 7. The lowest BCUT2D eigenvalue weighted by molar-refractivity contribution is 0.149. The largest absolute Gasteiger partial charge is 0.437 e. The highest BCUT2D eigenvalue weighted by Crippen LogP contribution is 2.38. The van der Waals surface area contributed by atoms with Crippen LogP contribution in [0, 0.1) is 17.7 Å². The molecule has 2 atom stereocenters. The Kier molecular flexibility index (Phi) is 5.39. The second kappa shape index (κ2) is 8.21. The number of fused-ring (bicyclic) bond motifs is 2. The van der Waals surface area contributed by atoms with Crippen LogP contribution in [-0.4, -0.2) is 69.5 Å². The Morgan fingerprint density at radius 3 is 2.82 bits per heavy atom. The number of likely N-dealkylation sites (tertiary alicyclic amines) is 1. The fraction of sp³-hybridized carbons (Fsp3) is 0.500. The van der Waals surface area contributed by atoms with Gasteiger partial charge < -0.3 is 4.74 Å². The minimum atomic E-state index is -3.20. The Labute approximate surface area is 205 Å². The first-order chi connectivity index (χ1) is 16.3. The van der Waals surface area contributed by atoms with Gasteiger partial charge in [0.2, 0.25) is 15.9 Å². The topological polar surface area (TPSA) is 93.5 Å². The van der Waals surface area contributed by atoms with Gasteiger partial charge in [0.25, 0.3) is 0 Å². The molecule has 4 heterocycles. The standard InChI is InChI=1S/C22H24BrFN6O3S/c1-34(31,32)30-11-15-10-28(12-18(15)30)9-14-6-16(24)7-25-22(14)33-19-5-4-17-21(20(19)23)26-27-29(17)8-13-2-3-13/h4-7,13,15,18H,2-3,8-12H2,1H3. The molecular formula is C22H24BrFN6O3S. The first-order valence-corrected chi connectivity index (χ1v) is 13.9. The number of halogens is 2. The van der Waals surface area contributed by atoms with Gasteiger partial charge >= 0.3 is 0 Å². The van der Waals surface area contributed by atoms with Gasteiger partial charge in [-0.2, -0.15) is 4.31 Å². The third kappa shape index (κ3) is 4.10. The molecular weight excluding hydrogens is 527 g/mol. The number of nitrogens with zero attached hydrogens (tertiary/aromatic N) is 6. The van der Waals surface area contributed by atoms with Crippen LogP contribution in [-0.2, 0) is 23.1 Å². The monoisotopic (exact) mass is 550 g/mol. The third-order valence-corrected chi connectivity index (χ3v) is 8.94. The second-order valence-electron chi connectivity index (χ2n) is 9.53. The van der Waals surface area contributed by atoms with Crippen LogP contribution in [0.3, 0.4) is 0 Å². The number of benzene rings is 1. The van der Waals surface area contributed by atoms with Gasteiger partial charge in [-0.25, -0.2) is 22.5 Å². The highest BCUT2D eigenvalue weighted by molar-refractivity contribution is 9.10. The van der Waals surface area contributed by atoms with Gasteiger partial charge in [-0.1, -0.05) is 5.21 Å². The van der Waals surface area contributed by atoms with E-state index in [0.717, 1.165) is 24.8 Å². The van der Waals surface area contributed by atoms with Crippen molar-refractivity contribution in [1.82, 2.24) is 29.2 Å². The summed E-state index contributed by atoms with van der Waals surface area (Å²) in [5.41, 5.74) is 2.25. The SMILES string of the molecule is CS(=O)(=O)N1CC2CN(Cc3cc(F)cnc3Oc3ccc4c(nnn4CC4CC4)c3Br)CC21. The number of pyridine rings is 1. The summed E-state index contributed by atoms with van der Waals surface area (Å²) in [6, 6.07) is 5.18. The van der Waals surface area contributed by atoms with Gasteiger partial charge in [0.05, 0.1) is 22.4 Å². The molecule has 0 N–H and O–H groups in total. The summed E-state index contributed by atoms with van der Waals surface area (Å²) in [6.07, 6.45) is 4.84. The van der Waals surface area contributed by atoms with Crippen molar-refractivity contribution in [3.05, 3.63) is 40.2 Å². The lowest BCUT2D eigenvalue weighted by Crippen LogP contribution is -2.57. The normalized spacial score (nSPS) is 23.3. The maximum Gasteiger partial charge on any atom is 0.223 e. The van der Waals surface area contributed by atoms with Gasteiger partial charge in [-0.05, 0) is 52.9 Å². The first-order valence-electron chi connectivity index (χ1n) is 11.3. The molecule has 3 aliphatic rings. The summed E-state index contributed by atoms with van der Waals surface area (Å²) in [5, 5.41) is 8.60. The number of sulfonamides is 1. The highest BCUT2D eigenvalue weighted by Gasteiger charge is 2.49. The van der Waals surface area contributed by atoms with Crippen LogP contribution < -0.4 is 4.74 Å². The smallest absolute Gasteiger partial charge is 0.223 e. The van der Waals surface area contributed by atoms with E-state index >= 15 is 0 Å². The molecule has 0 bridgehead atoms. The maximum atomic E-state index is 14.1. The molecule has 34 heavy (non-hydrogen) atoms. The minimum absolute atomic E-state index is 0.0179. The number of hydrogen-bond donors (Lipinski definition) is 0. The van der Waals surface area contributed by atoms with Gasteiger partial charge in [-0.15, -0.1) is 5.10 Å². The molecule has 2 aliphatic heterocycles. The van der Waals surface area contributed by atoms with Crippen LogP contribution >= 0.6 is 15.9 Å². The van der Waals surface area contributed by atoms with Crippen molar-refractivity contribution >= 4 is 37.0 Å². The molecule has 6 rings (SSSR count). The lowest BCUT2D eigenvalue weighted by atomic mass is 9.96. The molecule has 2 unspecified atom stereocenters. The Morgan fingerprint density at radius 1 is 1.24 bits per heavy atom. The minimum Gasteiger partial charge on any atom is -0.437 e. The highest BCUT2D eigenvalue weighted by atomic mass is 79.9. The van der Waals surface area contributed by atoms with Gasteiger partial charge in [0, 0.05) is 50.2 Å². The van der Waals surface area contributed by atoms with Crippen LogP contribution in [0.5, 0.6) is 11.6 Å². The summed E-state index contributed by atoms with van der Waals surface area (Å²) >= 11 is 3.60. The molecule has 3 aromatic rings. The summed E-state index contributed by atoms with van der Waals surface area (Å²) < 4.78 is 48.2. The van der Waals surface area contributed by atoms with E-state index in [1.807, 2.05) is 16.8 Å². The van der Waals surface area contributed by atoms with Crippen molar-refractivity contribution < 1.29 is 17.5 Å². The van der Waals surface area contributed by atoms with Crippen molar-refractivity contribution in [1.29, 1.82) is 0 Å². The zero-order valence-electron chi connectivity index (χ0n) is 18.6. The summed E-state index contributed by atoms with van der Waals surface area (Å²) in [6.45, 7) is 3.18. The number of hydrogen-bond acceptors (Lipinski definition) is 7. The average Bonchev–Trinajstić information content (AvgIpc) is 3.41. The van der Waals surface area contributed by atoms with Crippen molar-refractivity contribution in [3.8, 4) is 11.6 Å². The Morgan fingerprint density at radius 2 is 2.06 bits per heavy atom. The predicted octanol–water partition coefficient (Wildman–Crippen LogP) is 3.01. The van der Waals surface area contributed by atoms with E-state index in [9.17, 15) is 12.8 Å². The predicted molar refractivity (Wildman–Crippen MR) is 126 cm³/mol. The molecule has 1 aromatic carbocycles. The van der Waals surface area contributed by atoms with Crippen molar-refractivity contribution in [2.45, 2.75) is 32.0 Å². The number of aromatic nitrogens is 4. The fourth-order valence-electron chi connectivity index (χ4n) is 4.95. The maximum absolute atomic E-state index is 14.1. The zero-order valence-corrected chi connectivity index (χ0v) is 21.0.